The first-order valence-corrected chi connectivity index (χ1v) is 9.60. The van der Waals surface area contributed by atoms with E-state index in [1.54, 1.807) is 46.3 Å². The molecular weight excluding hydrogens is 364 g/mol. The molecule has 4 aromatic rings. The van der Waals surface area contributed by atoms with Gasteiger partial charge in [0, 0.05) is 30.6 Å². The van der Waals surface area contributed by atoms with Crippen LogP contribution in [-0.4, -0.2) is 30.2 Å². The predicted octanol–water partition coefficient (Wildman–Crippen LogP) is 3.83. The van der Waals surface area contributed by atoms with Gasteiger partial charge in [0.05, 0.1) is 16.9 Å². The predicted molar refractivity (Wildman–Crippen MR) is 109 cm³/mol. The Kier molecular flexibility index (Phi) is 4.20. The second kappa shape index (κ2) is 7.01. The first kappa shape index (κ1) is 17.4. The third-order valence-electron chi connectivity index (χ3n) is 5.24. The molecule has 1 aromatic carbocycles. The molecule has 0 bridgehead atoms. The molecule has 0 unspecified atom stereocenters. The molecule has 1 N–H and O–H groups in total. The molecule has 5 rings (SSSR count). The van der Waals surface area contributed by atoms with Crippen LogP contribution in [0, 0.1) is 5.92 Å². The molecule has 1 aliphatic rings. The highest BCUT2D eigenvalue weighted by molar-refractivity contribution is 6.03. The summed E-state index contributed by atoms with van der Waals surface area (Å²) >= 11 is 0. The van der Waals surface area contributed by atoms with Gasteiger partial charge in [-0.05, 0) is 36.6 Å². The SMILES string of the molecule is C[C@@H]1C[C@H]1c1cc(NC(=O)c2ccc(-n3ccnc3)nc2)n(-c2ccccc2)n1. The standard InChI is InChI=1S/C22H20N6O/c1-15-11-18(15)19-12-21(28(26-19)17-5-3-2-4-6-17)25-22(29)16-7-8-20(24-13-16)27-10-9-23-14-27/h2-10,12-15,18H,11H2,1H3,(H,25,29)/t15-,18-/m1/s1. The lowest BCUT2D eigenvalue weighted by Gasteiger charge is -2.09. The van der Waals surface area contributed by atoms with Crippen molar-refractivity contribution in [1.82, 2.24) is 24.3 Å². The van der Waals surface area contributed by atoms with Crippen LogP contribution >= 0.6 is 0 Å². The molecule has 3 aromatic heterocycles. The average Bonchev–Trinajstić information content (AvgIpc) is 3.15. The highest BCUT2D eigenvalue weighted by atomic mass is 16.1. The van der Waals surface area contributed by atoms with Crippen molar-refractivity contribution < 1.29 is 4.79 Å². The Labute approximate surface area is 168 Å². The number of amides is 1. The normalized spacial score (nSPS) is 17.8. The number of pyridine rings is 1. The lowest BCUT2D eigenvalue weighted by atomic mass is 10.2. The van der Waals surface area contributed by atoms with Crippen LogP contribution in [0.2, 0.25) is 0 Å². The Morgan fingerprint density at radius 1 is 1.17 bits per heavy atom. The second-order valence-corrected chi connectivity index (χ2v) is 7.35. The van der Waals surface area contributed by atoms with Gasteiger partial charge >= 0.3 is 0 Å². The van der Waals surface area contributed by atoms with E-state index in [0.717, 1.165) is 17.8 Å². The molecule has 2 atom stereocenters. The van der Waals surface area contributed by atoms with E-state index in [9.17, 15) is 4.79 Å². The van der Waals surface area contributed by atoms with Gasteiger partial charge < -0.3 is 5.32 Å². The van der Waals surface area contributed by atoms with Crippen LogP contribution in [0.15, 0.2) is 73.4 Å². The van der Waals surface area contributed by atoms with Gasteiger partial charge in [0.15, 0.2) is 0 Å². The van der Waals surface area contributed by atoms with Crippen molar-refractivity contribution in [2.45, 2.75) is 19.3 Å². The van der Waals surface area contributed by atoms with Gasteiger partial charge in [0.25, 0.3) is 5.91 Å². The maximum Gasteiger partial charge on any atom is 0.258 e. The number of aromatic nitrogens is 5. The summed E-state index contributed by atoms with van der Waals surface area (Å²) < 4.78 is 3.58. The van der Waals surface area contributed by atoms with Gasteiger partial charge in [-0.2, -0.15) is 5.10 Å². The Bertz CT molecular complexity index is 1130. The molecule has 1 aliphatic carbocycles. The molecule has 7 heteroatoms. The van der Waals surface area contributed by atoms with Gasteiger partial charge in [-0.3, -0.25) is 9.36 Å². The van der Waals surface area contributed by atoms with Crippen LogP contribution in [-0.2, 0) is 0 Å². The summed E-state index contributed by atoms with van der Waals surface area (Å²) in [5, 5.41) is 7.76. The molecule has 3 heterocycles. The summed E-state index contributed by atoms with van der Waals surface area (Å²) in [6.07, 6.45) is 7.86. The molecule has 144 valence electrons. The van der Waals surface area contributed by atoms with Crippen LogP contribution in [0.1, 0.15) is 35.3 Å². The fraction of sp³-hybridized carbons (Fsp3) is 0.182. The van der Waals surface area contributed by atoms with Crippen LogP contribution in [0.3, 0.4) is 0 Å². The third-order valence-corrected chi connectivity index (χ3v) is 5.24. The summed E-state index contributed by atoms with van der Waals surface area (Å²) in [6.45, 7) is 2.22. The lowest BCUT2D eigenvalue weighted by molar-refractivity contribution is 0.102. The fourth-order valence-corrected chi connectivity index (χ4v) is 3.43. The van der Waals surface area contributed by atoms with Crippen molar-refractivity contribution in [3.63, 3.8) is 0 Å². The number of carbonyl (C=O) groups excluding carboxylic acids is 1. The minimum atomic E-state index is -0.220. The molecule has 1 fully saturated rings. The Morgan fingerprint density at radius 3 is 2.66 bits per heavy atom. The zero-order valence-electron chi connectivity index (χ0n) is 15.9. The zero-order valence-corrected chi connectivity index (χ0v) is 15.9. The lowest BCUT2D eigenvalue weighted by Crippen LogP contribution is -2.15. The third kappa shape index (κ3) is 3.42. The first-order valence-electron chi connectivity index (χ1n) is 9.60. The minimum absolute atomic E-state index is 0.220. The smallest absolute Gasteiger partial charge is 0.258 e. The second-order valence-electron chi connectivity index (χ2n) is 7.35. The zero-order chi connectivity index (χ0) is 19.8. The number of benzene rings is 1. The molecular formula is C22H20N6O. The number of para-hydroxylation sites is 1. The summed E-state index contributed by atoms with van der Waals surface area (Å²) in [6, 6.07) is 15.4. The van der Waals surface area contributed by atoms with Crippen LogP contribution < -0.4 is 5.32 Å². The van der Waals surface area contributed by atoms with Gasteiger partial charge in [-0.25, -0.2) is 14.6 Å². The van der Waals surface area contributed by atoms with Crippen molar-refractivity contribution in [2.75, 3.05) is 5.32 Å². The summed E-state index contributed by atoms with van der Waals surface area (Å²) in [5.41, 5.74) is 2.41. The van der Waals surface area contributed by atoms with Crippen LogP contribution in [0.25, 0.3) is 11.5 Å². The fourth-order valence-electron chi connectivity index (χ4n) is 3.43. The van der Waals surface area contributed by atoms with Crippen molar-refractivity contribution in [2.24, 2.45) is 5.92 Å². The van der Waals surface area contributed by atoms with E-state index >= 15 is 0 Å². The average molecular weight is 384 g/mol. The Hall–Kier alpha value is -3.74. The minimum Gasteiger partial charge on any atom is -0.306 e. The van der Waals surface area contributed by atoms with Crippen LogP contribution in [0.5, 0.6) is 0 Å². The molecule has 1 amide bonds. The summed E-state index contributed by atoms with van der Waals surface area (Å²) in [5.74, 6) is 2.25. The van der Waals surface area contributed by atoms with E-state index in [-0.39, 0.29) is 5.91 Å². The quantitative estimate of drug-likeness (QED) is 0.567. The highest BCUT2D eigenvalue weighted by Gasteiger charge is 2.36. The Morgan fingerprint density at radius 2 is 2.00 bits per heavy atom. The number of nitrogens with zero attached hydrogens (tertiary/aromatic N) is 5. The van der Waals surface area contributed by atoms with E-state index in [1.807, 2.05) is 36.4 Å². The van der Waals surface area contributed by atoms with Gasteiger partial charge in [-0.1, -0.05) is 25.1 Å². The number of hydrogen-bond donors (Lipinski definition) is 1. The van der Waals surface area contributed by atoms with Gasteiger partial charge in [0.2, 0.25) is 0 Å². The maximum atomic E-state index is 12.8. The Balaban J connectivity index is 1.42. The molecule has 0 radical (unpaired) electrons. The molecule has 1 saturated carbocycles. The number of nitrogens with one attached hydrogen (secondary N) is 1. The topological polar surface area (TPSA) is 77.6 Å². The highest BCUT2D eigenvalue weighted by Crippen LogP contribution is 2.47. The van der Waals surface area contributed by atoms with Crippen molar-refractivity contribution >= 4 is 11.7 Å². The van der Waals surface area contributed by atoms with Crippen molar-refractivity contribution in [3.05, 3.63) is 84.7 Å². The monoisotopic (exact) mass is 384 g/mol. The number of anilines is 1. The van der Waals surface area contributed by atoms with E-state index in [4.69, 9.17) is 5.10 Å². The van der Waals surface area contributed by atoms with Gasteiger partial charge in [-0.15, -0.1) is 0 Å². The first-order chi connectivity index (χ1) is 14.2. The molecule has 0 saturated heterocycles. The van der Waals surface area contributed by atoms with E-state index < -0.39 is 0 Å². The summed E-state index contributed by atoms with van der Waals surface area (Å²) in [4.78, 5) is 21.2. The molecule has 0 spiro atoms. The van der Waals surface area contributed by atoms with E-state index in [2.05, 4.69) is 22.2 Å². The van der Waals surface area contributed by atoms with E-state index in [1.165, 1.54) is 0 Å². The van der Waals surface area contributed by atoms with Crippen molar-refractivity contribution in [1.29, 1.82) is 0 Å². The van der Waals surface area contributed by atoms with Crippen molar-refractivity contribution in [3.8, 4) is 11.5 Å². The number of carbonyl (C=O) groups is 1. The number of imidazole rings is 1. The maximum absolute atomic E-state index is 12.8. The van der Waals surface area contributed by atoms with Gasteiger partial charge in [0.1, 0.15) is 18.0 Å². The number of rotatable bonds is 5. The molecule has 7 nitrogen and oxygen atoms in total. The molecule has 29 heavy (non-hydrogen) atoms. The number of hydrogen-bond acceptors (Lipinski definition) is 4. The summed E-state index contributed by atoms with van der Waals surface area (Å²) in [7, 11) is 0. The van der Waals surface area contributed by atoms with E-state index in [0.29, 0.717) is 29.0 Å². The largest absolute Gasteiger partial charge is 0.306 e. The van der Waals surface area contributed by atoms with Crippen LogP contribution in [0.4, 0.5) is 5.82 Å². The molecule has 0 aliphatic heterocycles.